The first kappa shape index (κ1) is 19.6. The summed E-state index contributed by atoms with van der Waals surface area (Å²) in [5.74, 6) is 0.931. The van der Waals surface area contributed by atoms with E-state index in [4.69, 9.17) is 4.98 Å². The van der Waals surface area contributed by atoms with Gasteiger partial charge >= 0.3 is 0 Å². The highest BCUT2D eigenvalue weighted by molar-refractivity contribution is 5.81. The van der Waals surface area contributed by atoms with Gasteiger partial charge in [0.1, 0.15) is 11.6 Å². The van der Waals surface area contributed by atoms with Crippen molar-refractivity contribution in [1.82, 2.24) is 20.2 Å². The Balaban J connectivity index is 1.26. The van der Waals surface area contributed by atoms with E-state index in [1.54, 1.807) is 30.6 Å². The van der Waals surface area contributed by atoms with Gasteiger partial charge in [-0.15, -0.1) is 0 Å². The number of nitrogens with zero attached hydrogens (tertiary/aromatic N) is 3. The molecule has 0 amide bonds. The fourth-order valence-corrected chi connectivity index (χ4v) is 4.33. The second-order valence-corrected chi connectivity index (χ2v) is 8.32. The Hall–Kier alpha value is -3.32. The van der Waals surface area contributed by atoms with Crippen molar-refractivity contribution in [2.75, 3.05) is 11.9 Å². The summed E-state index contributed by atoms with van der Waals surface area (Å²) in [7, 11) is 0. The summed E-state index contributed by atoms with van der Waals surface area (Å²) in [6.45, 7) is 0.337. The van der Waals surface area contributed by atoms with Crippen molar-refractivity contribution in [2.45, 2.75) is 37.2 Å². The Kier molecular flexibility index (Phi) is 5.11. The zero-order valence-corrected chi connectivity index (χ0v) is 17.1. The number of fused-ring (bicyclic) bond motifs is 1. The second kappa shape index (κ2) is 8.07. The molecule has 4 aromatic rings. The molecule has 158 valence electrons. The molecule has 2 aromatic heterocycles. The maximum Gasteiger partial charge on any atom is 0.146 e. The molecule has 0 radical (unpaired) electrons. The van der Waals surface area contributed by atoms with Crippen molar-refractivity contribution in [3.63, 3.8) is 0 Å². The standard InChI is InChI=1S/C24H24FN5O/c25-19-3-1-2-4-20(19)26-15-24(31)10-7-16(8-11-24)23-29-21-6-5-17(13-22(21)30-23)18-9-12-27-28-14-18/h1-6,9,12-14,16,26,31H,7-8,10-11,15H2,(H,29,30). The van der Waals surface area contributed by atoms with E-state index >= 15 is 0 Å². The molecular formula is C24H24FN5O. The van der Waals surface area contributed by atoms with Gasteiger partial charge < -0.3 is 15.4 Å². The number of aromatic amines is 1. The van der Waals surface area contributed by atoms with Gasteiger partial charge in [0.05, 0.1) is 34.7 Å². The summed E-state index contributed by atoms with van der Waals surface area (Å²) in [6, 6.07) is 14.6. The van der Waals surface area contributed by atoms with E-state index in [2.05, 4.69) is 32.6 Å². The van der Waals surface area contributed by atoms with Gasteiger partial charge in [0.2, 0.25) is 0 Å². The number of aliphatic hydroxyl groups is 1. The lowest BCUT2D eigenvalue weighted by molar-refractivity contribution is 0.0109. The first-order chi connectivity index (χ1) is 15.1. The molecule has 0 unspecified atom stereocenters. The molecule has 6 nitrogen and oxygen atoms in total. The average Bonchev–Trinajstić information content (AvgIpc) is 3.23. The van der Waals surface area contributed by atoms with E-state index in [0.29, 0.717) is 25.1 Å². The Bertz CT molecular complexity index is 1190. The summed E-state index contributed by atoms with van der Waals surface area (Å²) in [5, 5.41) is 21.8. The minimum Gasteiger partial charge on any atom is -0.388 e. The number of anilines is 1. The second-order valence-electron chi connectivity index (χ2n) is 8.32. The number of hydrogen-bond donors (Lipinski definition) is 3. The molecule has 31 heavy (non-hydrogen) atoms. The van der Waals surface area contributed by atoms with Crippen molar-refractivity contribution < 1.29 is 9.50 Å². The quantitative estimate of drug-likeness (QED) is 0.440. The van der Waals surface area contributed by atoms with E-state index in [9.17, 15) is 9.50 Å². The molecule has 0 saturated heterocycles. The van der Waals surface area contributed by atoms with Crippen molar-refractivity contribution in [2.24, 2.45) is 0 Å². The fourth-order valence-electron chi connectivity index (χ4n) is 4.33. The molecule has 1 saturated carbocycles. The first-order valence-electron chi connectivity index (χ1n) is 10.6. The fraction of sp³-hybridized carbons (Fsp3) is 0.292. The third-order valence-electron chi connectivity index (χ3n) is 6.20. The summed E-state index contributed by atoms with van der Waals surface area (Å²) < 4.78 is 13.8. The van der Waals surface area contributed by atoms with Crippen LogP contribution < -0.4 is 5.32 Å². The molecule has 1 aliphatic carbocycles. The Morgan fingerprint density at radius 2 is 1.90 bits per heavy atom. The molecular weight excluding hydrogens is 393 g/mol. The number of H-pyrrole nitrogens is 1. The molecule has 0 aliphatic heterocycles. The van der Waals surface area contributed by atoms with Gasteiger partial charge in [-0.05, 0) is 61.6 Å². The van der Waals surface area contributed by atoms with Crippen LogP contribution in [0.3, 0.4) is 0 Å². The zero-order chi connectivity index (χ0) is 21.3. The van der Waals surface area contributed by atoms with Crippen molar-refractivity contribution in [3.8, 4) is 11.1 Å². The Labute approximate surface area is 179 Å². The summed E-state index contributed by atoms with van der Waals surface area (Å²) in [4.78, 5) is 8.29. The van der Waals surface area contributed by atoms with E-state index in [0.717, 1.165) is 40.8 Å². The number of benzene rings is 2. The number of aromatic nitrogens is 4. The van der Waals surface area contributed by atoms with Gasteiger partial charge in [-0.2, -0.15) is 10.2 Å². The SMILES string of the molecule is OC1(CNc2ccccc2F)CCC(c2nc3cc(-c4ccnnc4)ccc3[nH]2)CC1. The molecule has 3 N–H and O–H groups in total. The smallest absolute Gasteiger partial charge is 0.146 e. The van der Waals surface area contributed by atoms with Crippen LogP contribution in [0.2, 0.25) is 0 Å². The molecule has 2 heterocycles. The van der Waals surface area contributed by atoms with Crippen LogP contribution in [0.5, 0.6) is 0 Å². The Morgan fingerprint density at radius 3 is 2.68 bits per heavy atom. The topological polar surface area (TPSA) is 86.7 Å². The van der Waals surface area contributed by atoms with Crippen molar-refractivity contribution >= 4 is 16.7 Å². The van der Waals surface area contributed by atoms with Crippen molar-refractivity contribution in [1.29, 1.82) is 0 Å². The van der Waals surface area contributed by atoms with Crippen LogP contribution in [-0.4, -0.2) is 37.4 Å². The molecule has 0 bridgehead atoms. The van der Waals surface area contributed by atoms with Crippen LogP contribution in [0, 0.1) is 5.82 Å². The normalized spacial score (nSPS) is 21.3. The lowest BCUT2D eigenvalue weighted by Gasteiger charge is -2.35. The first-order valence-corrected chi connectivity index (χ1v) is 10.6. The summed E-state index contributed by atoms with van der Waals surface area (Å²) in [6.07, 6.45) is 6.37. The van der Waals surface area contributed by atoms with Crippen LogP contribution >= 0.6 is 0 Å². The molecule has 1 fully saturated rings. The number of imidazole rings is 1. The van der Waals surface area contributed by atoms with Crippen LogP contribution in [0.4, 0.5) is 10.1 Å². The predicted molar refractivity (Wildman–Crippen MR) is 118 cm³/mol. The highest BCUT2D eigenvalue weighted by Crippen LogP contribution is 2.38. The Morgan fingerprint density at radius 1 is 1.06 bits per heavy atom. The summed E-state index contributed by atoms with van der Waals surface area (Å²) >= 11 is 0. The third kappa shape index (κ3) is 4.14. The van der Waals surface area contributed by atoms with E-state index < -0.39 is 5.60 Å². The number of para-hydroxylation sites is 1. The molecule has 1 aliphatic rings. The summed E-state index contributed by atoms with van der Waals surface area (Å²) in [5.41, 5.74) is 3.57. The highest BCUT2D eigenvalue weighted by Gasteiger charge is 2.34. The number of halogens is 1. The average molecular weight is 417 g/mol. The van der Waals surface area contributed by atoms with Gasteiger partial charge in [0, 0.05) is 18.0 Å². The number of hydrogen-bond acceptors (Lipinski definition) is 5. The highest BCUT2D eigenvalue weighted by atomic mass is 19.1. The largest absolute Gasteiger partial charge is 0.388 e. The molecule has 2 aromatic carbocycles. The van der Waals surface area contributed by atoms with Crippen molar-refractivity contribution in [3.05, 3.63) is 72.6 Å². The predicted octanol–water partition coefficient (Wildman–Crippen LogP) is 4.66. The number of nitrogens with one attached hydrogen (secondary N) is 2. The maximum absolute atomic E-state index is 13.8. The molecule has 7 heteroatoms. The lowest BCUT2D eigenvalue weighted by Crippen LogP contribution is -2.40. The zero-order valence-electron chi connectivity index (χ0n) is 17.1. The van der Waals surface area contributed by atoms with E-state index in [-0.39, 0.29) is 11.7 Å². The van der Waals surface area contributed by atoms with Crippen LogP contribution in [0.25, 0.3) is 22.2 Å². The monoisotopic (exact) mass is 417 g/mol. The van der Waals surface area contributed by atoms with E-state index in [1.165, 1.54) is 6.07 Å². The lowest BCUT2D eigenvalue weighted by atomic mass is 9.78. The van der Waals surface area contributed by atoms with Gasteiger partial charge in [-0.1, -0.05) is 18.2 Å². The third-order valence-corrected chi connectivity index (χ3v) is 6.20. The minimum atomic E-state index is -0.841. The van der Waals surface area contributed by atoms with Gasteiger partial charge in [-0.25, -0.2) is 9.37 Å². The van der Waals surface area contributed by atoms with Gasteiger partial charge in [-0.3, -0.25) is 0 Å². The number of rotatable bonds is 5. The van der Waals surface area contributed by atoms with E-state index in [1.807, 2.05) is 12.1 Å². The minimum absolute atomic E-state index is 0.271. The maximum atomic E-state index is 13.8. The molecule has 5 rings (SSSR count). The molecule has 0 spiro atoms. The van der Waals surface area contributed by atoms with Crippen LogP contribution in [0.1, 0.15) is 37.4 Å². The van der Waals surface area contributed by atoms with Crippen LogP contribution in [-0.2, 0) is 0 Å². The van der Waals surface area contributed by atoms with Gasteiger partial charge in [0.15, 0.2) is 0 Å². The molecule has 0 atom stereocenters. The van der Waals surface area contributed by atoms with Crippen LogP contribution in [0.15, 0.2) is 60.9 Å². The van der Waals surface area contributed by atoms with Gasteiger partial charge in [0.25, 0.3) is 0 Å².